The average molecular weight is 634 g/mol. The molecule has 1 radical (unpaired) electrons. The van der Waals surface area contributed by atoms with Crippen molar-refractivity contribution < 1.29 is 20.1 Å². The molecule has 0 aliphatic carbocycles. The first-order valence-corrected chi connectivity index (χ1v) is 10.8. The van der Waals surface area contributed by atoms with E-state index in [0.29, 0.717) is 6.54 Å². The van der Waals surface area contributed by atoms with Crippen molar-refractivity contribution in [1.82, 2.24) is 15.0 Å². The van der Waals surface area contributed by atoms with Gasteiger partial charge in [0.2, 0.25) is 0 Å². The van der Waals surface area contributed by atoms with E-state index in [-0.39, 0.29) is 20.1 Å². The fourth-order valence-corrected chi connectivity index (χ4v) is 2.76. The topological polar surface area (TPSA) is 52.2 Å². The molecule has 4 nitrogen and oxygen atoms in total. The minimum Gasteiger partial charge on any atom is -0.663 e. The SMILES string of the molecule is C=CCN=Cc1ccc[n-]1.[Ir].[c-]1ccccc1-c1ccccn1.[c-]1ccccc1-c1ccccn1. The van der Waals surface area contributed by atoms with E-state index in [2.05, 4.69) is 38.7 Å². The number of hydrogen-bond acceptors (Lipinski definition) is 3. The minimum absolute atomic E-state index is 0. The van der Waals surface area contributed by atoms with Crippen molar-refractivity contribution in [2.45, 2.75) is 0 Å². The Bertz CT molecular complexity index is 1060. The van der Waals surface area contributed by atoms with Gasteiger partial charge >= 0.3 is 0 Å². The first kappa shape index (κ1) is 27.3. The van der Waals surface area contributed by atoms with Crippen molar-refractivity contribution in [3.05, 3.63) is 146 Å². The van der Waals surface area contributed by atoms with Crippen LogP contribution in [0.3, 0.4) is 0 Å². The van der Waals surface area contributed by atoms with Crippen molar-refractivity contribution in [2.75, 3.05) is 6.54 Å². The number of rotatable bonds is 5. The third-order valence-electron chi connectivity index (χ3n) is 4.33. The summed E-state index contributed by atoms with van der Waals surface area (Å²) in [5.74, 6) is 0. The fourth-order valence-electron chi connectivity index (χ4n) is 2.76. The maximum absolute atomic E-state index is 4.22. The van der Waals surface area contributed by atoms with Crippen LogP contribution in [0.2, 0.25) is 0 Å². The summed E-state index contributed by atoms with van der Waals surface area (Å²) in [6.07, 6.45) is 8.81. The predicted molar refractivity (Wildman–Crippen MR) is 139 cm³/mol. The quantitative estimate of drug-likeness (QED) is 0.129. The van der Waals surface area contributed by atoms with Crippen LogP contribution in [0.25, 0.3) is 22.5 Å². The van der Waals surface area contributed by atoms with Crippen LogP contribution in [0.4, 0.5) is 0 Å². The summed E-state index contributed by atoms with van der Waals surface area (Å²) in [6.45, 7) is 4.20. The fraction of sp³-hybridized carbons (Fsp3) is 0.0333. The Kier molecular flexibility index (Phi) is 13.0. The van der Waals surface area contributed by atoms with Crippen molar-refractivity contribution in [3.8, 4) is 22.5 Å². The van der Waals surface area contributed by atoms with Crippen molar-refractivity contribution in [3.63, 3.8) is 0 Å². The zero-order valence-corrected chi connectivity index (χ0v) is 21.6. The number of benzene rings is 2. The molecule has 0 aliphatic heterocycles. The van der Waals surface area contributed by atoms with E-state index < -0.39 is 0 Å². The summed E-state index contributed by atoms with van der Waals surface area (Å²) in [4.78, 5) is 16.5. The van der Waals surface area contributed by atoms with Gasteiger partial charge in [-0.1, -0.05) is 42.5 Å². The Morgan fingerprint density at radius 3 is 1.71 bits per heavy atom. The van der Waals surface area contributed by atoms with Gasteiger partial charge in [0, 0.05) is 38.7 Å². The van der Waals surface area contributed by atoms with Crippen LogP contribution in [0, 0.1) is 12.1 Å². The molecule has 3 heterocycles. The number of aliphatic imine (C=N–C) groups is 1. The van der Waals surface area contributed by atoms with E-state index in [4.69, 9.17) is 0 Å². The van der Waals surface area contributed by atoms with Gasteiger partial charge in [-0.25, -0.2) is 0 Å². The number of hydrogen-bond donors (Lipinski definition) is 0. The van der Waals surface area contributed by atoms with E-state index in [0.717, 1.165) is 28.2 Å². The van der Waals surface area contributed by atoms with Crippen LogP contribution in [0.15, 0.2) is 133 Å². The summed E-state index contributed by atoms with van der Waals surface area (Å²) < 4.78 is 0. The van der Waals surface area contributed by atoms with Gasteiger partial charge in [-0.2, -0.15) is 6.20 Å². The van der Waals surface area contributed by atoms with Gasteiger partial charge in [-0.3, -0.25) is 4.99 Å². The number of aromatic nitrogens is 3. The summed E-state index contributed by atoms with van der Waals surface area (Å²) >= 11 is 0. The second-order valence-corrected chi connectivity index (χ2v) is 6.83. The van der Waals surface area contributed by atoms with E-state index in [1.165, 1.54) is 0 Å². The molecule has 5 aromatic rings. The molecule has 0 atom stereocenters. The third-order valence-corrected chi connectivity index (χ3v) is 4.33. The van der Waals surface area contributed by atoms with Gasteiger partial charge in [0.05, 0.1) is 6.54 Å². The van der Waals surface area contributed by atoms with Crippen LogP contribution in [-0.4, -0.2) is 22.7 Å². The first-order chi connectivity index (χ1) is 16.9. The summed E-state index contributed by atoms with van der Waals surface area (Å²) in [6, 6.07) is 37.4. The Balaban J connectivity index is 0.000000184. The molecule has 35 heavy (non-hydrogen) atoms. The molecule has 177 valence electrons. The van der Waals surface area contributed by atoms with Crippen molar-refractivity contribution >= 4 is 6.21 Å². The van der Waals surface area contributed by atoms with Crippen LogP contribution in [-0.2, 0) is 20.1 Å². The molecule has 0 bridgehead atoms. The molecule has 0 fully saturated rings. The summed E-state index contributed by atoms with van der Waals surface area (Å²) in [5.41, 5.74) is 4.93. The molecular formula is C30H25IrN4-3. The molecule has 0 unspecified atom stereocenters. The van der Waals surface area contributed by atoms with Gasteiger partial charge in [-0.05, 0) is 23.5 Å². The molecule has 0 aliphatic rings. The maximum atomic E-state index is 4.22. The second-order valence-electron chi connectivity index (χ2n) is 6.83. The van der Waals surface area contributed by atoms with Crippen molar-refractivity contribution in [1.29, 1.82) is 0 Å². The first-order valence-electron chi connectivity index (χ1n) is 10.8. The summed E-state index contributed by atoms with van der Waals surface area (Å²) in [5, 5.41) is 0. The zero-order chi connectivity index (χ0) is 23.7. The van der Waals surface area contributed by atoms with E-state index in [1.54, 1.807) is 30.9 Å². The molecule has 3 aromatic heterocycles. The van der Waals surface area contributed by atoms with Gasteiger partial charge in [0.25, 0.3) is 0 Å². The van der Waals surface area contributed by atoms with Gasteiger partial charge in [0.1, 0.15) is 0 Å². The van der Waals surface area contributed by atoms with Crippen LogP contribution in [0.1, 0.15) is 5.69 Å². The summed E-state index contributed by atoms with van der Waals surface area (Å²) in [7, 11) is 0. The number of pyridine rings is 2. The predicted octanol–water partition coefficient (Wildman–Crippen LogP) is 6.34. The monoisotopic (exact) mass is 634 g/mol. The Morgan fingerprint density at radius 2 is 1.31 bits per heavy atom. The molecular weight excluding hydrogens is 609 g/mol. The Hall–Kier alpha value is -3.92. The molecule has 0 spiro atoms. The largest absolute Gasteiger partial charge is 0.663 e. The van der Waals surface area contributed by atoms with Crippen LogP contribution < -0.4 is 4.98 Å². The van der Waals surface area contributed by atoms with Gasteiger partial charge in [-0.15, -0.1) is 84.1 Å². The smallest absolute Gasteiger partial charge is 0.0567 e. The Morgan fingerprint density at radius 1 is 0.743 bits per heavy atom. The van der Waals surface area contributed by atoms with E-state index in [9.17, 15) is 0 Å². The van der Waals surface area contributed by atoms with E-state index in [1.807, 2.05) is 97.1 Å². The van der Waals surface area contributed by atoms with Crippen LogP contribution >= 0.6 is 0 Å². The number of nitrogens with zero attached hydrogens (tertiary/aromatic N) is 4. The maximum Gasteiger partial charge on any atom is 0.0567 e. The molecule has 2 aromatic carbocycles. The normalized spacial score (nSPS) is 9.60. The molecule has 5 heteroatoms. The van der Waals surface area contributed by atoms with Crippen LogP contribution in [0.5, 0.6) is 0 Å². The second kappa shape index (κ2) is 16.7. The van der Waals surface area contributed by atoms with Crippen molar-refractivity contribution in [2.24, 2.45) is 4.99 Å². The van der Waals surface area contributed by atoms with E-state index >= 15 is 0 Å². The minimum atomic E-state index is 0. The van der Waals surface area contributed by atoms with Gasteiger partial charge < -0.3 is 15.0 Å². The molecule has 0 saturated heterocycles. The Labute approximate surface area is 220 Å². The average Bonchev–Trinajstić information content (AvgIpc) is 3.45. The van der Waals surface area contributed by atoms with Gasteiger partial charge in [0.15, 0.2) is 0 Å². The standard InChI is InChI=1S/2C11H8N.C8H9N2.Ir/c2*1-2-6-10(7-3-1)11-8-4-5-9-12-11;1-2-5-9-7-8-4-3-6-10-8;/h2*1-6,8-9H;2-4,6-7H,1,5H2;/q3*-1;. The zero-order valence-electron chi connectivity index (χ0n) is 19.2. The molecule has 0 N–H and O–H groups in total. The molecule has 0 saturated carbocycles. The molecule has 0 amide bonds. The third kappa shape index (κ3) is 10.3. The molecule has 5 rings (SSSR count).